The van der Waals surface area contributed by atoms with Crippen LogP contribution in [-0.4, -0.2) is 57.9 Å². The van der Waals surface area contributed by atoms with E-state index >= 15 is 0 Å². The summed E-state index contributed by atoms with van der Waals surface area (Å²) in [6.07, 6.45) is 3.82. The molecule has 1 aliphatic carbocycles. The number of nitrogens with one attached hydrogen (secondary N) is 1. The number of hydrogen-bond acceptors (Lipinski definition) is 4. The van der Waals surface area contributed by atoms with Crippen molar-refractivity contribution in [2.75, 3.05) is 13.1 Å². The predicted molar refractivity (Wildman–Crippen MR) is 143 cm³/mol. The van der Waals surface area contributed by atoms with Crippen LogP contribution in [0.5, 0.6) is 0 Å². The van der Waals surface area contributed by atoms with E-state index in [1.807, 2.05) is 13.0 Å². The highest BCUT2D eigenvalue weighted by atomic mass is 19.1. The summed E-state index contributed by atoms with van der Waals surface area (Å²) in [5.41, 5.74) is 1.15. The van der Waals surface area contributed by atoms with Crippen molar-refractivity contribution in [1.82, 2.24) is 15.1 Å². The average Bonchev–Trinajstić information content (AvgIpc) is 3.43. The molecule has 2 atom stereocenters. The third-order valence-corrected chi connectivity index (χ3v) is 7.69. The molecule has 214 valence electrons. The highest BCUT2D eigenvalue weighted by Gasteiger charge is 2.41. The summed E-state index contributed by atoms with van der Waals surface area (Å²) in [6.45, 7) is 2.14. The van der Waals surface area contributed by atoms with Gasteiger partial charge < -0.3 is 20.2 Å². The summed E-state index contributed by atoms with van der Waals surface area (Å²) >= 11 is 0. The van der Waals surface area contributed by atoms with E-state index in [4.69, 9.17) is 0 Å². The number of carboxylic acid groups (broad SMARTS) is 1. The first-order valence-corrected chi connectivity index (χ1v) is 13.8. The quantitative estimate of drug-likeness (QED) is 0.471. The fraction of sp³-hybridized carbons (Fsp3) is 0.467. The molecule has 0 spiro atoms. The van der Waals surface area contributed by atoms with E-state index < -0.39 is 48.0 Å². The van der Waals surface area contributed by atoms with Gasteiger partial charge in [-0.3, -0.25) is 19.2 Å². The Labute approximate surface area is 232 Å². The molecule has 2 aliphatic rings. The zero-order chi connectivity index (χ0) is 28.8. The molecule has 1 aliphatic heterocycles. The van der Waals surface area contributed by atoms with Crippen molar-refractivity contribution in [3.05, 3.63) is 70.8 Å². The van der Waals surface area contributed by atoms with Gasteiger partial charge in [-0.1, -0.05) is 55.5 Å². The molecule has 2 aromatic rings. The summed E-state index contributed by atoms with van der Waals surface area (Å²) in [4.78, 5) is 55.0. The molecule has 3 amide bonds. The molecule has 2 fully saturated rings. The molecule has 0 radical (unpaired) electrons. The Morgan fingerprint density at radius 2 is 1.65 bits per heavy atom. The average molecular weight is 556 g/mol. The van der Waals surface area contributed by atoms with E-state index in [1.54, 1.807) is 18.2 Å². The zero-order valence-electron chi connectivity index (χ0n) is 22.6. The van der Waals surface area contributed by atoms with Crippen molar-refractivity contribution < 1.29 is 33.1 Å². The van der Waals surface area contributed by atoms with Crippen molar-refractivity contribution in [3.8, 4) is 0 Å². The molecule has 2 aromatic carbocycles. The summed E-state index contributed by atoms with van der Waals surface area (Å²) in [5.74, 6) is -4.39. The number of hydrogen-bond donors (Lipinski definition) is 2. The number of nitrogens with zero attached hydrogens (tertiary/aromatic N) is 2. The van der Waals surface area contributed by atoms with E-state index in [0.29, 0.717) is 30.4 Å². The van der Waals surface area contributed by atoms with Gasteiger partial charge in [0.2, 0.25) is 5.91 Å². The number of aliphatic carboxylic acids is 1. The van der Waals surface area contributed by atoms with E-state index in [1.165, 1.54) is 4.90 Å². The fourth-order valence-corrected chi connectivity index (χ4v) is 5.75. The van der Waals surface area contributed by atoms with Crippen LogP contribution >= 0.6 is 0 Å². The highest BCUT2D eigenvalue weighted by molar-refractivity contribution is 5.99. The highest BCUT2D eigenvalue weighted by Crippen LogP contribution is 2.30. The molecule has 2 unspecified atom stereocenters. The number of carbonyl (C=O) groups excluding carboxylic acids is 3. The van der Waals surface area contributed by atoms with Crippen molar-refractivity contribution in [1.29, 1.82) is 0 Å². The van der Waals surface area contributed by atoms with Crippen molar-refractivity contribution >= 4 is 23.7 Å². The lowest BCUT2D eigenvalue weighted by molar-refractivity contribution is -0.150. The third kappa shape index (κ3) is 7.22. The Morgan fingerprint density at radius 1 is 0.975 bits per heavy atom. The minimum Gasteiger partial charge on any atom is -0.481 e. The second kappa shape index (κ2) is 13.0. The standard InChI is InChI=1S/C30H35F2N3O5/c1-19-6-4-9-21(14-19)25(18-27(37)38)33-28(39)29-34(26(36)11-10-20-7-2-3-8-20)12-5-13-35(29)30(40)22-15-23(31)17-24(32)16-22/h4,6,9,14-17,20,25,29H,2-3,5,7-8,10-13,18H2,1H3,(H,33,39)(H,37,38). The lowest BCUT2D eigenvalue weighted by atomic mass is 10.00. The number of halogens is 2. The topological polar surface area (TPSA) is 107 Å². The van der Waals surface area contributed by atoms with Crippen molar-refractivity contribution in [2.24, 2.45) is 5.92 Å². The van der Waals surface area contributed by atoms with Crippen LogP contribution in [0.25, 0.3) is 0 Å². The minimum atomic E-state index is -1.40. The molecule has 4 rings (SSSR count). The van der Waals surface area contributed by atoms with Gasteiger partial charge in [0, 0.05) is 31.1 Å². The number of aryl methyl sites for hydroxylation is 1. The maximum Gasteiger partial charge on any atom is 0.305 e. The molecular weight excluding hydrogens is 520 g/mol. The number of amides is 3. The first-order chi connectivity index (χ1) is 19.1. The van der Waals surface area contributed by atoms with E-state index in [0.717, 1.165) is 48.3 Å². The maximum absolute atomic E-state index is 14.0. The van der Waals surface area contributed by atoms with Gasteiger partial charge in [-0.25, -0.2) is 8.78 Å². The van der Waals surface area contributed by atoms with Crippen LogP contribution in [0.4, 0.5) is 8.78 Å². The SMILES string of the molecule is Cc1cccc(C(CC(=O)O)NC(=O)C2N(C(=O)CCC3CCCC3)CCCN2C(=O)c2cc(F)cc(F)c2)c1. The van der Waals surface area contributed by atoms with Gasteiger partial charge in [-0.15, -0.1) is 0 Å². The molecule has 1 saturated heterocycles. The number of benzene rings is 2. The Bertz CT molecular complexity index is 1240. The van der Waals surface area contributed by atoms with Gasteiger partial charge >= 0.3 is 5.97 Å². The predicted octanol–water partition coefficient (Wildman–Crippen LogP) is 4.58. The molecule has 8 nitrogen and oxygen atoms in total. The smallest absolute Gasteiger partial charge is 0.305 e. The number of carboxylic acids is 1. The molecule has 40 heavy (non-hydrogen) atoms. The molecule has 2 N–H and O–H groups in total. The van der Waals surface area contributed by atoms with E-state index in [9.17, 15) is 33.1 Å². The third-order valence-electron chi connectivity index (χ3n) is 7.69. The maximum atomic E-state index is 14.0. The largest absolute Gasteiger partial charge is 0.481 e. The van der Waals surface area contributed by atoms with Crippen LogP contribution in [0.1, 0.15) is 78.9 Å². The van der Waals surface area contributed by atoms with Gasteiger partial charge in [0.1, 0.15) is 11.6 Å². The van der Waals surface area contributed by atoms with Gasteiger partial charge in [0.05, 0.1) is 12.5 Å². The fourth-order valence-electron chi connectivity index (χ4n) is 5.75. The van der Waals surface area contributed by atoms with Gasteiger partial charge in [-0.05, 0) is 43.4 Å². The Morgan fingerprint density at radius 3 is 2.30 bits per heavy atom. The molecular formula is C30H35F2N3O5. The lowest BCUT2D eigenvalue weighted by Crippen LogP contribution is -2.63. The van der Waals surface area contributed by atoms with Crippen molar-refractivity contribution in [3.63, 3.8) is 0 Å². The lowest BCUT2D eigenvalue weighted by Gasteiger charge is -2.43. The van der Waals surface area contributed by atoms with Crippen LogP contribution < -0.4 is 5.32 Å². The molecule has 0 aromatic heterocycles. The van der Waals surface area contributed by atoms with Crippen LogP contribution in [-0.2, 0) is 14.4 Å². The Hall–Kier alpha value is -3.82. The normalized spacial score (nSPS) is 18.4. The van der Waals surface area contributed by atoms with Gasteiger partial charge in [0.15, 0.2) is 6.17 Å². The summed E-state index contributed by atoms with van der Waals surface area (Å²) < 4.78 is 27.9. The van der Waals surface area contributed by atoms with Gasteiger partial charge in [0.25, 0.3) is 11.8 Å². The zero-order valence-corrected chi connectivity index (χ0v) is 22.6. The first-order valence-electron chi connectivity index (χ1n) is 13.8. The van der Waals surface area contributed by atoms with E-state index in [-0.39, 0.29) is 31.0 Å². The molecule has 1 heterocycles. The Balaban J connectivity index is 1.64. The Kier molecular flexibility index (Phi) is 9.50. The molecule has 1 saturated carbocycles. The summed E-state index contributed by atoms with van der Waals surface area (Å²) in [5, 5.41) is 12.3. The number of carbonyl (C=O) groups is 4. The summed E-state index contributed by atoms with van der Waals surface area (Å²) in [7, 11) is 0. The first kappa shape index (κ1) is 29.2. The van der Waals surface area contributed by atoms with Crippen LogP contribution in [0, 0.1) is 24.5 Å². The monoisotopic (exact) mass is 555 g/mol. The molecule has 10 heteroatoms. The summed E-state index contributed by atoms with van der Waals surface area (Å²) in [6, 6.07) is 8.55. The van der Waals surface area contributed by atoms with Crippen molar-refractivity contribution in [2.45, 2.75) is 70.5 Å². The second-order valence-electron chi connectivity index (χ2n) is 10.7. The minimum absolute atomic E-state index is 0.0789. The van der Waals surface area contributed by atoms with Crippen LogP contribution in [0.15, 0.2) is 42.5 Å². The van der Waals surface area contributed by atoms with Gasteiger partial charge in [-0.2, -0.15) is 0 Å². The van der Waals surface area contributed by atoms with Crippen LogP contribution in [0.2, 0.25) is 0 Å². The van der Waals surface area contributed by atoms with Crippen LogP contribution in [0.3, 0.4) is 0 Å². The molecule has 0 bridgehead atoms. The number of rotatable bonds is 9. The van der Waals surface area contributed by atoms with E-state index in [2.05, 4.69) is 5.32 Å². The second-order valence-corrected chi connectivity index (χ2v) is 10.7.